The fraction of sp³-hybridized carbons (Fsp3) is 0.760. The SMILES string of the molecule is CCCc1ccc(C(OC(c2ccc(CCC)cc2)[C@H]2CC[C@H]([C@H]3CC[C@H](CCC)CC3)CC2)[C@H]2CC[C@H]([C@H]3CC[C@H](CCC)CC3)CC2)cc1. The highest BCUT2D eigenvalue weighted by atomic mass is 16.5. The van der Waals surface area contributed by atoms with Gasteiger partial charge in [-0.15, -0.1) is 0 Å². The molecule has 51 heavy (non-hydrogen) atoms. The first-order valence-corrected chi connectivity index (χ1v) is 22.9. The lowest BCUT2D eigenvalue weighted by atomic mass is 9.67. The smallest absolute Gasteiger partial charge is 0.0861 e. The van der Waals surface area contributed by atoms with Crippen molar-refractivity contribution >= 4 is 0 Å². The maximum atomic E-state index is 7.74. The Hall–Kier alpha value is -1.60. The van der Waals surface area contributed by atoms with Gasteiger partial charge in [-0.2, -0.15) is 0 Å². The molecule has 6 rings (SSSR count). The van der Waals surface area contributed by atoms with Crippen LogP contribution in [0.1, 0.15) is 203 Å². The molecule has 4 fully saturated rings. The van der Waals surface area contributed by atoms with Crippen molar-refractivity contribution < 1.29 is 4.74 Å². The van der Waals surface area contributed by atoms with Gasteiger partial charge in [0, 0.05) is 0 Å². The van der Waals surface area contributed by atoms with Crippen LogP contribution in [0, 0.1) is 47.3 Å². The maximum absolute atomic E-state index is 7.74. The summed E-state index contributed by atoms with van der Waals surface area (Å²) < 4.78 is 7.74. The van der Waals surface area contributed by atoms with Gasteiger partial charge in [0.15, 0.2) is 0 Å². The fourth-order valence-electron chi connectivity index (χ4n) is 12.0. The largest absolute Gasteiger partial charge is 0.365 e. The predicted molar refractivity (Wildman–Crippen MR) is 219 cm³/mol. The van der Waals surface area contributed by atoms with E-state index in [1.807, 2.05) is 0 Å². The third-order valence-electron chi connectivity index (χ3n) is 15.0. The van der Waals surface area contributed by atoms with Gasteiger partial charge in [-0.3, -0.25) is 0 Å². The number of ether oxygens (including phenoxy) is 1. The summed E-state index contributed by atoms with van der Waals surface area (Å²) in [4.78, 5) is 0. The van der Waals surface area contributed by atoms with E-state index in [1.165, 1.54) is 176 Å². The predicted octanol–water partition coefficient (Wildman–Crippen LogP) is 15.2. The summed E-state index contributed by atoms with van der Waals surface area (Å²) in [5.41, 5.74) is 5.85. The Morgan fingerprint density at radius 3 is 1.02 bits per heavy atom. The average molecular weight is 695 g/mol. The molecule has 4 saturated carbocycles. The van der Waals surface area contributed by atoms with E-state index in [2.05, 4.69) is 76.2 Å². The molecule has 0 bridgehead atoms. The minimum Gasteiger partial charge on any atom is -0.365 e. The van der Waals surface area contributed by atoms with Crippen molar-refractivity contribution in [2.45, 2.75) is 194 Å². The van der Waals surface area contributed by atoms with Gasteiger partial charge >= 0.3 is 0 Å². The molecule has 0 N–H and O–H groups in total. The molecule has 0 amide bonds. The summed E-state index contributed by atoms with van der Waals surface area (Å²) in [6.07, 6.45) is 33.9. The maximum Gasteiger partial charge on any atom is 0.0861 e. The molecule has 4 aliphatic carbocycles. The van der Waals surface area contributed by atoms with Gasteiger partial charge in [0.2, 0.25) is 0 Å². The zero-order valence-corrected chi connectivity index (χ0v) is 33.8. The third kappa shape index (κ3) is 10.8. The molecule has 2 atom stereocenters. The van der Waals surface area contributed by atoms with Crippen molar-refractivity contribution in [1.82, 2.24) is 0 Å². The Kier molecular flexibility index (Phi) is 15.5. The van der Waals surface area contributed by atoms with Crippen LogP contribution in [-0.4, -0.2) is 0 Å². The highest BCUT2D eigenvalue weighted by Gasteiger charge is 2.39. The molecule has 4 aliphatic rings. The summed E-state index contributed by atoms with van der Waals surface area (Å²) in [6.45, 7) is 9.36. The van der Waals surface area contributed by atoms with Crippen molar-refractivity contribution in [3.63, 3.8) is 0 Å². The van der Waals surface area contributed by atoms with Crippen LogP contribution in [0.4, 0.5) is 0 Å². The van der Waals surface area contributed by atoms with Crippen LogP contribution in [0.15, 0.2) is 48.5 Å². The van der Waals surface area contributed by atoms with Gasteiger partial charge in [0.25, 0.3) is 0 Å². The second kappa shape index (κ2) is 20.2. The van der Waals surface area contributed by atoms with Gasteiger partial charge in [0.05, 0.1) is 12.2 Å². The lowest BCUT2D eigenvalue weighted by Crippen LogP contribution is -2.31. The molecule has 2 aromatic carbocycles. The zero-order chi connectivity index (χ0) is 35.4. The molecule has 0 radical (unpaired) electrons. The number of benzene rings is 2. The molecular weight excluding hydrogens is 617 g/mol. The minimum absolute atomic E-state index is 0.203. The van der Waals surface area contributed by atoms with E-state index in [0.717, 1.165) is 35.5 Å². The van der Waals surface area contributed by atoms with Gasteiger partial charge in [0.1, 0.15) is 0 Å². The molecular formula is C50H78O. The molecule has 0 saturated heterocycles. The first-order valence-electron chi connectivity index (χ1n) is 22.9. The first-order chi connectivity index (χ1) is 25.1. The van der Waals surface area contributed by atoms with Crippen molar-refractivity contribution in [2.75, 3.05) is 0 Å². The minimum atomic E-state index is 0.203. The quantitative estimate of drug-likeness (QED) is 0.170. The van der Waals surface area contributed by atoms with E-state index in [-0.39, 0.29) is 12.2 Å². The van der Waals surface area contributed by atoms with Gasteiger partial charge in [-0.1, -0.05) is 140 Å². The van der Waals surface area contributed by atoms with Crippen molar-refractivity contribution in [3.8, 4) is 0 Å². The molecule has 0 spiro atoms. The van der Waals surface area contributed by atoms with E-state index < -0.39 is 0 Å². The number of hydrogen-bond acceptors (Lipinski definition) is 1. The summed E-state index contributed by atoms with van der Waals surface area (Å²) in [6, 6.07) is 19.5. The van der Waals surface area contributed by atoms with Crippen LogP contribution >= 0.6 is 0 Å². The van der Waals surface area contributed by atoms with E-state index in [4.69, 9.17) is 4.74 Å². The Balaban J connectivity index is 1.17. The van der Waals surface area contributed by atoms with E-state index in [9.17, 15) is 0 Å². The number of rotatable bonds is 16. The second-order valence-electron chi connectivity index (χ2n) is 18.4. The Morgan fingerprint density at radius 2 is 0.725 bits per heavy atom. The lowest BCUT2D eigenvalue weighted by Gasteiger charge is -2.43. The molecule has 0 aliphatic heterocycles. The monoisotopic (exact) mass is 695 g/mol. The summed E-state index contributed by atoms with van der Waals surface area (Å²) in [5, 5.41) is 0. The van der Waals surface area contributed by atoms with E-state index in [0.29, 0.717) is 11.8 Å². The second-order valence-corrected chi connectivity index (χ2v) is 18.4. The molecule has 284 valence electrons. The molecule has 0 aromatic heterocycles. The highest BCUT2D eigenvalue weighted by molar-refractivity contribution is 5.27. The first kappa shape index (κ1) is 39.1. The topological polar surface area (TPSA) is 9.23 Å². The summed E-state index contributed by atoms with van der Waals surface area (Å²) in [5.74, 6) is 7.16. The third-order valence-corrected chi connectivity index (χ3v) is 15.0. The van der Waals surface area contributed by atoms with Gasteiger partial charge in [-0.05, 0) is 159 Å². The molecule has 0 heterocycles. The fourth-order valence-corrected chi connectivity index (χ4v) is 12.0. The molecule has 2 unspecified atom stereocenters. The Labute approximate surface area is 315 Å². The molecule has 1 heteroatoms. The average Bonchev–Trinajstić information content (AvgIpc) is 3.18. The van der Waals surface area contributed by atoms with Crippen LogP contribution in [0.5, 0.6) is 0 Å². The normalized spacial score (nSPS) is 31.6. The van der Waals surface area contributed by atoms with Crippen molar-refractivity contribution in [1.29, 1.82) is 0 Å². The summed E-state index contributed by atoms with van der Waals surface area (Å²) in [7, 11) is 0. The van der Waals surface area contributed by atoms with Crippen molar-refractivity contribution in [2.24, 2.45) is 47.3 Å². The zero-order valence-electron chi connectivity index (χ0n) is 33.8. The van der Waals surface area contributed by atoms with Crippen LogP contribution in [0.3, 0.4) is 0 Å². The Bertz CT molecular complexity index is 1120. The van der Waals surface area contributed by atoms with E-state index >= 15 is 0 Å². The van der Waals surface area contributed by atoms with Gasteiger partial charge < -0.3 is 4.74 Å². The molecule has 1 nitrogen and oxygen atoms in total. The Morgan fingerprint density at radius 1 is 0.412 bits per heavy atom. The van der Waals surface area contributed by atoms with Crippen molar-refractivity contribution in [3.05, 3.63) is 70.8 Å². The standard InChI is InChI=1S/C50H78O/c1-5-9-37-13-21-41(22-14-37)43-29-33-47(34-30-43)49(45-25-17-39(11-7-3)18-26-45)51-50(46-27-19-40(12-8-4)20-28-46)48-35-31-44(32-36-48)42-23-15-38(10-6-2)16-24-42/h17-20,25-28,37-38,41-44,47-50H,5-16,21-24,29-36H2,1-4H3/t37-,38-,41-,42-,43-,44-,47-,48-,49?,50?. The molecule has 2 aromatic rings. The van der Waals surface area contributed by atoms with Crippen LogP contribution in [0.2, 0.25) is 0 Å². The van der Waals surface area contributed by atoms with E-state index in [1.54, 1.807) is 0 Å². The summed E-state index contributed by atoms with van der Waals surface area (Å²) >= 11 is 0. The number of hydrogen-bond donors (Lipinski definition) is 0. The van der Waals surface area contributed by atoms with Gasteiger partial charge in [-0.25, -0.2) is 0 Å². The van der Waals surface area contributed by atoms with Crippen LogP contribution in [-0.2, 0) is 17.6 Å². The van der Waals surface area contributed by atoms with Crippen LogP contribution < -0.4 is 0 Å². The van der Waals surface area contributed by atoms with Crippen LogP contribution in [0.25, 0.3) is 0 Å². The highest BCUT2D eigenvalue weighted by Crippen LogP contribution is 2.50. The lowest BCUT2D eigenvalue weighted by molar-refractivity contribution is -0.0934. The number of aryl methyl sites for hydroxylation is 2.